The number of thiazole rings is 1. The van der Waals surface area contributed by atoms with Crippen molar-refractivity contribution in [1.82, 2.24) is 4.98 Å². The molecule has 2 nitrogen and oxygen atoms in total. The maximum absolute atomic E-state index is 12.0. The zero-order valence-electron chi connectivity index (χ0n) is 10.8. The second-order valence-electron chi connectivity index (χ2n) is 5.49. The van der Waals surface area contributed by atoms with Gasteiger partial charge >= 0.3 is 6.18 Å². The highest BCUT2D eigenvalue weighted by molar-refractivity contribution is 7.09. The Morgan fingerprint density at radius 3 is 2.39 bits per heavy atom. The molecule has 2 N–H and O–H groups in total. The number of nitrogens with zero attached hydrogens (tertiary/aromatic N) is 1. The smallest absolute Gasteiger partial charge is 0.327 e. The lowest BCUT2D eigenvalue weighted by Gasteiger charge is -2.14. The molecule has 0 aliphatic heterocycles. The fourth-order valence-corrected chi connectivity index (χ4v) is 2.54. The van der Waals surface area contributed by atoms with Crippen molar-refractivity contribution in [2.75, 3.05) is 0 Å². The van der Waals surface area contributed by atoms with Gasteiger partial charge in [-0.05, 0) is 6.42 Å². The molecular formula is C12H19F3N2S. The van der Waals surface area contributed by atoms with E-state index in [0.29, 0.717) is 6.42 Å². The summed E-state index contributed by atoms with van der Waals surface area (Å²) in [6.45, 7) is 6.15. The Bertz CT molecular complexity index is 379. The number of aromatic nitrogens is 1. The number of alkyl halides is 3. The summed E-state index contributed by atoms with van der Waals surface area (Å²) >= 11 is 1.47. The van der Waals surface area contributed by atoms with Crippen LogP contribution in [0.25, 0.3) is 0 Å². The summed E-state index contributed by atoms with van der Waals surface area (Å²) in [4.78, 5) is 4.42. The van der Waals surface area contributed by atoms with Gasteiger partial charge < -0.3 is 5.73 Å². The van der Waals surface area contributed by atoms with E-state index in [0.717, 1.165) is 10.7 Å². The fraction of sp³-hybridized carbons (Fsp3) is 0.750. The molecule has 0 spiro atoms. The van der Waals surface area contributed by atoms with Gasteiger partial charge in [-0.1, -0.05) is 20.8 Å². The molecule has 0 aliphatic rings. The zero-order valence-corrected chi connectivity index (χ0v) is 11.7. The quantitative estimate of drug-likeness (QED) is 0.914. The van der Waals surface area contributed by atoms with Crippen molar-refractivity contribution in [2.24, 2.45) is 5.73 Å². The van der Waals surface area contributed by atoms with Crippen LogP contribution in [0.5, 0.6) is 0 Å². The van der Waals surface area contributed by atoms with Crippen molar-refractivity contribution in [2.45, 2.75) is 57.7 Å². The lowest BCUT2D eigenvalue weighted by Crippen LogP contribution is -2.25. The molecular weight excluding hydrogens is 261 g/mol. The van der Waals surface area contributed by atoms with E-state index >= 15 is 0 Å². The van der Waals surface area contributed by atoms with E-state index in [1.165, 1.54) is 11.3 Å². The molecule has 1 unspecified atom stereocenters. The highest BCUT2D eigenvalue weighted by Gasteiger charge is 2.27. The summed E-state index contributed by atoms with van der Waals surface area (Å²) in [6.07, 6.45) is -4.59. The van der Waals surface area contributed by atoms with E-state index in [9.17, 15) is 13.2 Å². The standard InChI is InChI=1S/C12H19F3N2S/c1-11(2,3)9-7-18-10(17-9)6-8(16)4-5-12(13,14)15/h7-8H,4-6,16H2,1-3H3. The third kappa shape index (κ3) is 5.35. The Hall–Kier alpha value is -0.620. The van der Waals surface area contributed by atoms with Gasteiger partial charge in [-0.25, -0.2) is 4.98 Å². The zero-order chi connectivity index (χ0) is 14.0. The third-order valence-electron chi connectivity index (χ3n) is 2.56. The van der Waals surface area contributed by atoms with Gasteiger partial charge in [-0.15, -0.1) is 11.3 Å². The molecule has 0 bridgehead atoms. The predicted octanol–water partition coefficient (Wildman–Crippen LogP) is 3.65. The van der Waals surface area contributed by atoms with Crippen LogP contribution < -0.4 is 5.73 Å². The summed E-state index contributed by atoms with van der Waals surface area (Å²) in [5.41, 5.74) is 6.62. The molecule has 18 heavy (non-hydrogen) atoms. The fourth-order valence-electron chi connectivity index (χ4n) is 1.42. The van der Waals surface area contributed by atoms with Crippen molar-refractivity contribution in [3.8, 4) is 0 Å². The van der Waals surface area contributed by atoms with Crippen molar-refractivity contribution in [1.29, 1.82) is 0 Å². The monoisotopic (exact) mass is 280 g/mol. The first kappa shape index (κ1) is 15.4. The number of rotatable bonds is 4. The Balaban J connectivity index is 2.50. The topological polar surface area (TPSA) is 38.9 Å². The van der Waals surface area contributed by atoms with Gasteiger partial charge in [0.05, 0.1) is 10.7 Å². The minimum Gasteiger partial charge on any atom is -0.327 e. The largest absolute Gasteiger partial charge is 0.389 e. The predicted molar refractivity (Wildman–Crippen MR) is 67.8 cm³/mol. The average molecular weight is 280 g/mol. The Morgan fingerprint density at radius 1 is 1.33 bits per heavy atom. The average Bonchev–Trinajstić information content (AvgIpc) is 2.61. The second kappa shape index (κ2) is 5.57. The van der Waals surface area contributed by atoms with E-state index in [4.69, 9.17) is 5.73 Å². The second-order valence-corrected chi connectivity index (χ2v) is 6.44. The molecule has 0 aliphatic carbocycles. The van der Waals surface area contributed by atoms with Crippen LogP contribution in [0.15, 0.2) is 5.38 Å². The molecule has 0 aromatic carbocycles. The first-order chi connectivity index (χ1) is 8.08. The van der Waals surface area contributed by atoms with Crippen LogP contribution in [0.4, 0.5) is 13.2 Å². The van der Waals surface area contributed by atoms with Crippen LogP contribution in [0.3, 0.4) is 0 Å². The Morgan fingerprint density at radius 2 is 1.94 bits per heavy atom. The maximum Gasteiger partial charge on any atom is 0.389 e. The molecule has 104 valence electrons. The molecule has 0 saturated heterocycles. The van der Waals surface area contributed by atoms with Crippen LogP contribution in [-0.4, -0.2) is 17.2 Å². The van der Waals surface area contributed by atoms with E-state index in [-0.39, 0.29) is 11.8 Å². The van der Waals surface area contributed by atoms with E-state index in [2.05, 4.69) is 25.8 Å². The van der Waals surface area contributed by atoms with Crippen molar-refractivity contribution in [3.63, 3.8) is 0 Å². The minimum atomic E-state index is -4.13. The van der Waals surface area contributed by atoms with E-state index in [1.54, 1.807) is 0 Å². The van der Waals surface area contributed by atoms with E-state index in [1.807, 2.05) is 5.38 Å². The van der Waals surface area contributed by atoms with Crippen molar-refractivity contribution < 1.29 is 13.2 Å². The van der Waals surface area contributed by atoms with Crippen LogP contribution in [-0.2, 0) is 11.8 Å². The normalized spacial score (nSPS) is 14.8. The van der Waals surface area contributed by atoms with Gasteiger partial charge in [0, 0.05) is 29.7 Å². The minimum absolute atomic E-state index is 0.0369. The summed E-state index contributed by atoms with van der Waals surface area (Å²) in [5.74, 6) is 0. The first-order valence-corrected chi connectivity index (χ1v) is 6.73. The third-order valence-corrected chi connectivity index (χ3v) is 3.43. The Labute approximate surface area is 109 Å². The van der Waals surface area contributed by atoms with Gasteiger partial charge in [-0.3, -0.25) is 0 Å². The SMILES string of the molecule is CC(C)(C)c1csc(CC(N)CCC(F)(F)F)n1. The summed E-state index contributed by atoms with van der Waals surface area (Å²) in [7, 11) is 0. The molecule has 1 atom stereocenters. The summed E-state index contributed by atoms with van der Waals surface area (Å²) in [6, 6.07) is -0.481. The van der Waals surface area contributed by atoms with Gasteiger partial charge in [-0.2, -0.15) is 13.2 Å². The van der Waals surface area contributed by atoms with Crippen molar-refractivity contribution >= 4 is 11.3 Å². The Kier molecular flexibility index (Phi) is 4.78. The van der Waals surface area contributed by atoms with Crippen LogP contribution in [0.2, 0.25) is 0 Å². The molecule has 0 radical (unpaired) electrons. The molecule has 1 rings (SSSR count). The van der Waals surface area contributed by atoms with Crippen molar-refractivity contribution in [3.05, 3.63) is 16.1 Å². The molecule has 1 heterocycles. The number of nitrogens with two attached hydrogens (primary N) is 1. The van der Waals surface area contributed by atoms with Gasteiger partial charge in [0.15, 0.2) is 0 Å². The molecule has 6 heteroatoms. The van der Waals surface area contributed by atoms with Gasteiger partial charge in [0.25, 0.3) is 0 Å². The highest BCUT2D eigenvalue weighted by atomic mass is 32.1. The van der Waals surface area contributed by atoms with Gasteiger partial charge in [0.1, 0.15) is 0 Å². The molecule has 0 fully saturated rings. The number of halogens is 3. The molecule has 1 aromatic rings. The first-order valence-electron chi connectivity index (χ1n) is 5.85. The lowest BCUT2D eigenvalue weighted by molar-refractivity contribution is -0.136. The molecule has 1 aromatic heterocycles. The van der Waals surface area contributed by atoms with Crippen LogP contribution >= 0.6 is 11.3 Å². The van der Waals surface area contributed by atoms with E-state index < -0.39 is 18.6 Å². The maximum atomic E-state index is 12.0. The summed E-state index contributed by atoms with van der Waals surface area (Å²) < 4.78 is 36.1. The summed E-state index contributed by atoms with van der Waals surface area (Å²) in [5, 5.41) is 2.76. The highest BCUT2D eigenvalue weighted by Crippen LogP contribution is 2.26. The number of hydrogen-bond donors (Lipinski definition) is 1. The van der Waals surface area contributed by atoms with Gasteiger partial charge in [0.2, 0.25) is 0 Å². The molecule has 0 amide bonds. The molecule has 0 saturated carbocycles. The van der Waals surface area contributed by atoms with Crippen LogP contribution in [0, 0.1) is 0 Å². The van der Waals surface area contributed by atoms with Crippen LogP contribution in [0.1, 0.15) is 44.3 Å². The number of hydrogen-bond acceptors (Lipinski definition) is 3. The lowest BCUT2D eigenvalue weighted by atomic mass is 9.93.